The number of rotatable bonds is 4. The molecule has 1 aromatic heterocycles. The van der Waals surface area contributed by atoms with Crippen LogP contribution >= 0.6 is 11.3 Å². The molecule has 3 rings (SSSR count). The van der Waals surface area contributed by atoms with Crippen LogP contribution in [-0.2, 0) is 12.8 Å². The first kappa shape index (κ1) is 16.0. The molecule has 0 atom stereocenters. The monoisotopic (exact) mass is 321 g/mol. The first-order chi connectivity index (χ1) is 10.5. The number of hydrogen-bond donors (Lipinski definition) is 1. The maximum Gasteiger partial charge on any atom is 0.261 e. The number of fused-ring (bicyclic) bond motifs is 1. The lowest BCUT2D eigenvalue weighted by Crippen LogP contribution is -2.57. The number of carbonyl (C=O) groups is 1. The molecule has 1 amide bonds. The Hall–Kier alpha value is -0.910. The van der Waals surface area contributed by atoms with Crippen molar-refractivity contribution in [3.05, 3.63) is 21.4 Å². The van der Waals surface area contributed by atoms with Gasteiger partial charge in [0.2, 0.25) is 0 Å². The third-order valence-corrected chi connectivity index (χ3v) is 6.25. The van der Waals surface area contributed by atoms with E-state index in [1.807, 2.05) is 0 Å². The van der Waals surface area contributed by atoms with E-state index in [9.17, 15) is 4.79 Å². The molecule has 1 saturated heterocycles. The van der Waals surface area contributed by atoms with Crippen molar-refractivity contribution in [3.63, 3.8) is 0 Å². The first-order valence-electron chi connectivity index (χ1n) is 8.29. The quantitative estimate of drug-likeness (QED) is 0.921. The molecule has 4 nitrogen and oxygen atoms in total. The molecule has 1 fully saturated rings. The van der Waals surface area contributed by atoms with Crippen LogP contribution in [0, 0.1) is 0 Å². The summed E-state index contributed by atoms with van der Waals surface area (Å²) < 4.78 is 0. The molecule has 2 aliphatic rings. The Labute approximate surface area is 137 Å². The molecule has 122 valence electrons. The van der Waals surface area contributed by atoms with Gasteiger partial charge in [-0.1, -0.05) is 0 Å². The van der Waals surface area contributed by atoms with Crippen molar-refractivity contribution in [1.29, 1.82) is 0 Å². The zero-order valence-corrected chi connectivity index (χ0v) is 14.8. The first-order valence-corrected chi connectivity index (χ1v) is 9.11. The van der Waals surface area contributed by atoms with E-state index in [0.717, 1.165) is 43.9 Å². The zero-order valence-electron chi connectivity index (χ0n) is 13.9. The van der Waals surface area contributed by atoms with E-state index in [-0.39, 0.29) is 11.4 Å². The number of nitrogens with zero attached hydrogens (tertiary/aromatic N) is 2. The molecule has 0 radical (unpaired) electrons. The van der Waals surface area contributed by atoms with Crippen LogP contribution in [0.1, 0.15) is 40.4 Å². The average molecular weight is 321 g/mol. The summed E-state index contributed by atoms with van der Waals surface area (Å²) in [6.07, 6.45) is 3.55. The predicted molar refractivity (Wildman–Crippen MR) is 91.8 cm³/mol. The number of amides is 1. The lowest BCUT2D eigenvalue weighted by Gasteiger charge is -2.43. The normalized spacial score (nSPS) is 20.1. The summed E-state index contributed by atoms with van der Waals surface area (Å²) in [6, 6.07) is 2.10. The van der Waals surface area contributed by atoms with E-state index in [1.54, 1.807) is 11.3 Å². The Kier molecular flexibility index (Phi) is 4.57. The van der Waals surface area contributed by atoms with E-state index in [0.29, 0.717) is 6.54 Å². The lowest BCUT2D eigenvalue weighted by atomic mass is 10.0. The average Bonchev–Trinajstić information content (AvgIpc) is 3.06. The second-order valence-electron chi connectivity index (χ2n) is 7.20. The highest BCUT2D eigenvalue weighted by molar-refractivity contribution is 7.14. The van der Waals surface area contributed by atoms with Gasteiger partial charge in [0, 0.05) is 43.1 Å². The van der Waals surface area contributed by atoms with E-state index >= 15 is 0 Å². The molecule has 1 aromatic rings. The van der Waals surface area contributed by atoms with Crippen LogP contribution in [0.4, 0.5) is 0 Å². The smallest absolute Gasteiger partial charge is 0.261 e. The van der Waals surface area contributed by atoms with Crippen molar-refractivity contribution in [2.45, 2.75) is 38.6 Å². The maximum atomic E-state index is 12.4. The zero-order chi connectivity index (χ0) is 15.7. The van der Waals surface area contributed by atoms with E-state index in [2.05, 4.69) is 42.1 Å². The molecule has 1 aliphatic carbocycles. The van der Waals surface area contributed by atoms with Gasteiger partial charge in [0.1, 0.15) is 0 Å². The summed E-state index contributed by atoms with van der Waals surface area (Å²) in [4.78, 5) is 19.6. The summed E-state index contributed by atoms with van der Waals surface area (Å²) in [5.74, 6) is 0.0987. The van der Waals surface area contributed by atoms with Crippen molar-refractivity contribution in [2.24, 2.45) is 0 Å². The number of likely N-dealkylation sites (N-methyl/N-ethyl adjacent to an activating group) is 1. The van der Waals surface area contributed by atoms with Gasteiger partial charge in [0.05, 0.1) is 4.88 Å². The fourth-order valence-corrected chi connectivity index (χ4v) is 4.52. The van der Waals surface area contributed by atoms with Gasteiger partial charge in [-0.3, -0.25) is 9.69 Å². The largest absolute Gasteiger partial charge is 0.350 e. The van der Waals surface area contributed by atoms with Crippen LogP contribution in [0.2, 0.25) is 0 Å². The molecule has 2 heterocycles. The van der Waals surface area contributed by atoms with Crippen molar-refractivity contribution < 1.29 is 4.79 Å². The third kappa shape index (κ3) is 3.36. The maximum absolute atomic E-state index is 12.4. The Morgan fingerprint density at radius 2 is 2.00 bits per heavy atom. The van der Waals surface area contributed by atoms with Gasteiger partial charge in [0.15, 0.2) is 0 Å². The molecular weight excluding hydrogens is 294 g/mol. The van der Waals surface area contributed by atoms with Gasteiger partial charge in [-0.25, -0.2) is 0 Å². The molecule has 0 saturated carbocycles. The second kappa shape index (κ2) is 6.30. The molecule has 1 N–H and O–H groups in total. The summed E-state index contributed by atoms with van der Waals surface area (Å²) in [5.41, 5.74) is 1.41. The van der Waals surface area contributed by atoms with Crippen molar-refractivity contribution in [3.8, 4) is 0 Å². The van der Waals surface area contributed by atoms with E-state index in [4.69, 9.17) is 0 Å². The van der Waals surface area contributed by atoms with Crippen molar-refractivity contribution in [2.75, 3.05) is 39.8 Å². The van der Waals surface area contributed by atoms with Crippen LogP contribution < -0.4 is 5.32 Å². The van der Waals surface area contributed by atoms with Gasteiger partial charge in [0.25, 0.3) is 5.91 Å². The van der Waals surface area contributed by atoms with Crippen LogP contribution in [0.15, 0.2) is 6.07 Å². The topological polar surface area (TPSA) is 35.6 Å². The second-order valence-corrected chi connectivity index (χ2v) is 8.33. The number of thiophene rings is 1. The minimum absolute atomic E-state index is 0.0108. The Balaban J connectivity index is 1.55. The fraction of sp³-hybridized carbons (Fsp3) is 0.706. The Bertz CT molecular complexity index is 523. The summed E-state index contributed by atoms with van der Waals surface area (Å²) in [7, 11) is 2.17. The van der Waals surface area contributed by atoms with E-state index < -0.39 is 0 Å². The number of hydrogen-bond acceptors (Lipinski definition) is 4. The summed E-state index contributed by atoms with van der Waals surface area (Å²) in [6.45, 7) is 9.53. The molecule has 1 aliphatic heterocycles. The number of nitrogens with one attached hydrogen (secondary N) is 1. The van der Waals surface area contributed by atoms with Gasteiger partial charge in [-0.15, -0.1) is 11.3 Å². The minimum Gasteiger partial charge on any atom is -0.350 e. The highest BCUT2D eigenvalue weighted by Crippen LogP contribution is 2.30. The van der Waals surface area contributed by atoms with Crippen LogP contribution in [-0.4, -0.2) is 61.0 Å². The Morgan fingerprint density at radius 1 is 1.27 bits per heavy atom. The SMILES string of the molecule is CN1CCN(C(C)(C)CNC(=O)c2cc3c(s2)CCC3)CC1. The van der Waals surface area contributed by atoms with Crippen molar-refractivity contribution >= 4 is 17.2 Å². The van der Waals surface area contributed by atoms with Crippen LogP contribution in [0.3, 0.4) is 0 Å². The minimum atomic E-state index is 0.0108. The van der Waals surface area contributed by atoms with Gasteiger partial charge in [-0.2, -0.15) is 0 Å². The highest BCUT2D eigenvalue weighted by Gasteiger charge is 2.30. The third-order valence-electron chi connectivity index (χ3n) is 5.01. The van der Waals surface area contributed by atoms with Crippen LogP contribution in [0.5, 0.6) is 0 Å². The molecule has 0 aromatic carbocycles. The number of carbonyl (C=O) groups excluding carboxylic acids is 1. The number of piperazine rings is 1. The van der Waals surface area contributed by atoms with E-state index in [1.165, 1.54) is 16.9 Å². The summed E-state index contributed by atoms with van der Waals surface area (Å²) in [5, 5.41) is 3.15. The van der Waals surface area contributed by atoms with Gasteiger partial charge >= 0.3 is 0 Å². The molecule has 0 unspecified atom stereocenters. The summed E-state index contributed by atoms with van der Waals surface area (Å²) >= 11 is 1.68. The van der Waals surface area contributed by atoms with Crippen molar-refractivity contribution in [1.82, 2.24) is 15.1 Å². The Morgan fingerprint density at radius 3 is 2.68 bits per heavy atom. The molecule has 22 heavy (non-hydrogen) atoms. The van der Waals surface area contributed by atoms with Gasteiger partial charge in [-0.05, 0) is 51.8 Å². The number of aryl methyl sites for hydroxylation is 2. The highest BCUT2D eigenvalue weighted by atomic mass is 32.1. The van der Waals surface area contributed by atoms with Crippen LogP contribution in [0.25, 0.3) is 0 Å². The standard InChI is InChI=1S/C17H27N3OS/c1-17(2,20-9-7-19(3)8-10-20)12-18-16(21)15-11-13-5-4-6-14(13)22-15/h11H,4-10,12H2,1-3H3,(H,18,21). The van der Waals surface area contributed by atoms with Gasteiger partial charge < -0.3 is 10.2 Å². The predicted octanol–water partition coefficient (Wildman–Crippen LogP) is 1.99. The fourth-order valence-electron chi connectivity index (χ4n) is 3.35. The molecule has 0 spiro atoms. The lowest BCUT2D eigenvalue weighted by molar-refractivity contribution is 0.0589. The molecular formula is C17H27N3OS. The molecule has 0 bridgehead atoms. The molecule has 5 heteroatoms.